The predicted octanol–water partition coefficient (Wildman–Crippen LogP) is 1.58. The number of allylic oxidation sites excluding steroid dienone is 1. The second-order valence-electron chi connectivity index (χ2n) is 3.50. The van der Waals surface area contributed by atoms with E-state index >= 15 is 0 Å². The van der Waals surface area contributed by atoms with Gasteiger partial charge in [0, 0.05) is 12.6 Å². The average molecular weight is 202 g/mol. The third-order valence-corrected chi connectivity index (χ3v) is 1.86. The van der Waals surface area contributed by atoms with Crippen LogP contribution in [0.3, 0.4) is 0 Å². The van der Waals surface area contributed by atoms with Gasteiger partial charge in [0.25, 0.3) is 0 Å². The Kier molecular flexibility index (Phi) is 2.37. The maximum atomic E-state index is 11.5. The van der Waals surface area contributed by atoms with Gasteiger partial charge in [-0.15, -0.1) is 10.2 Å². The molecule has 1 aliphatic heterocycles. The number of ketones is 1. The summed E-state index contributed by atoms with van der Waals surface area (Å²) in [5.74, 6) is 0.717. The van der Waals surface area contributed by atoms with Crippen molar-refractivity contribution < 1.29 is 4.79 Å². The third kappa shape index (κ3) is 1.96. The molecule has 5 heteroatoms. The Labute approximate surface area is 87.0 Å². The Balaban J connectivity index is 2.49. The predicted molar refractivity (Wildman–Crippen MR) is 56.3 cm³/mol. The fourth-order valence-corrected chi connectivity index (χ4v) is 1.24. The van der Waals surface area contributed by atoms with Crippen molar-refractivity contribution in [3.63, 3.8) is 0 Å². The van der Waals surface area contributed by atoms with Crippen LogP contribution in [0, 0.1) is 0 Å². The molecular formula is C10H10N4O. The first-order valence-electron chi connectivity index (χ1n) is 4.62. The molecule has 1 aliphatic rings. The van der Waals surface area contributed by atoms with Crippen molar-refractivity contribution in [1.29, 1.82) is 0 Å². The Bertz CT molecular complexity index is 472. The topological polar surface area (TPSA) is 68.1 Å². The van der Waals surface area contributed by atoms with E-state index in [9.17, 15) is 4.79 Å². The van der Waals surface area contributed by atoms with Crippen LogP contribution in [0.25, 0.3) is 6.08 Å². The number of aliphatic imine (C=N–C) groups is 1. The van der Waals surface area contributed by atoms with Crippen molar-refractivity contribution in [2.45, 2.75) is 20.3 Å². The fourth-order valence-electron chi connectivity index (χ4n) is 1.24. The Morgan fingerprint density at radius 3 is 2.93 bits per heavy atom. The molecule has 0 aliphatic carbocycles. The van der Waals surface area contributed by atoms with Crippen LogP contribution in [0.2, 0.25) is 0 Å². The molecule has 0 radical (unpaired) electrons. The van der Waals surface area contributed by atoms with Gasteiger partial charge in [-0.25, -0.2) is 9.98 Å². The van der Waals surface area contributed by atoms with Gasteiger partial charge in [-0.2, -0.15) is 0 Å². The lowest BCUT2D eigenvalue weighted by atomic mass is 10.2. The summed E-state index contributed by atoms with van der Waals surface area (Å²) in [6.45, 7) is 3.87. The van der Waals surface area contributed by atoms with E-state index in [1.807, 2.05) is 13.8 Å². The molecule has 0 atom stereocenters. The number of nitrogens with zero attached hydrogens (tertiary/aromatic N) is 4. The summed E-state index contributed by atoms with van der Waals surface area (Å²) >= 11 is 0. The molecule has 1 aromatic heterocycles. The molecule has 1 aromatic rings. The van der Waals surface area contributed by atoms with Gasteiger partial charge in [-0.3, -0.25) is 4.79 Å². The van der Waals surface area contributed by atoms with Crippen LogP contribution < -0.4 is 0 Å². The normalized spacial score (nSPS) is 13.6. The number of fused-ring (bicyclic) bond motifs is 1. The van der Waals surface area contributed by atoms with Crippen molar-refractivity contribution in [2.75, 3.05) is 0 Å². The number of carbonyl (C=O) groups excluding carboxylic acids is 1. The van der Waals surface area contributed by atoms with E-state index in [0.717, 1.165) is 5.57 Å². The highest BCUT2D eigenvalue weighted by Gasteiger charge is 2.18. The second kappa shape index (κ2) is 3.68. The molecule has 15 heavy (non-hydrogen) atoms. The summed E-state index contributed by atoms with van der Waals surface area (Å²) in [5, 5.41) is 7.71. The SMILES string of the molecule is CC(C)=Cc1nnc2c(n1)C(=O)CC=N2. The second-order valence-corrected chi connectivity index (χ2v) is 3.50. The molecule has 0 spiro atoms. The van der Waals surface area contributed by atoms with E-state index < -0.39 is 0 Å². The van der Waals surface area contributed by atoms with E-state index in [1.54, 1.807) is 6.08 Å². The lowest BCUT2D eigenvalue weighted by molar-refractivity contribution is 0.0995. The van der Waals surface area contributed by atoms with Crippen molar-refractivity contribution >= 4 is 23.9 Å². The molecule has 76 valence electrons. The summed E-state index contributed by atoms with van der Waals surface area (Å²) in [6.07, 6.45) is 3.60. The lowest BCUT2D eigenvalue weighted by Gasteiger charge is -2.05. The summed E-state index contributed by atoms with van der Waals surface area (Å²) in [4.78, 5) is 19.6. The number of Topliss-reactive ketones (excluding diaryl/α,β-unsaturated/α-hetero) is 1. The van der Waals surface area contributed by atoms with Gasteiger partial charge in [0.1, 0.15) is 0 Å². The smallest absolute Gasteiger partial charge is 0.203 e. The zero-order chi connectivity index (χ0) is 10.8. The Morgan fingerprint density at radius 1 is 1.40 bits per heavy atom. The summed E-state index contributed by atoms with van der Waals surface area (Å²) < 4.78 is 0. The first-order valence-corrected chi connectivity index (χ1v) is 4.62. The monoisotopic (exact) mass is 202 g/mol. The van der Waals surface area contributed by atoms with Gasteiger partial charge in [0.15, 0.2) is 17.3 Å². The minimum atomic E-state index is -0.0571. The Morgan fingerprint density at radius 2 is 2.20 bits per heavy atom. The van der Waals surface area contributed by atoms with Gasteiger partial charge in [0.2, 0.25) is 5.82 Å². The standard InChI is InChI=1S/C10H10N4O/c1-6(2)5-8-12-9-7(15)3-4-11-10(9)14-13-8/h4-5H,3H2,1-2H3. The van der Waals surface area contributed by atoms with Crippen LogP contribution in [0.5, 0.6) is 0 Å². The van der Waals surface area contributed by atoms with E-state index in [2.05, 4.69) is 20.2 Å². The molecule has 0 aromatic carbocycles. The molecule has 0 saturated heterocycles. The van der Waals surface area contributed by atoms with E-state index in [1.165, 1.54) is 6.21 Å². The number of carbonyl (C=O) groups is 1. The van der Waals surface area contributed by atoms with Gasteiger partial charge < -0.3 is 0 Å². The van der Waals surface area contributed by atoms with Crippen LogP contribution in [0.1, 0.15) is 36.6 Å². The van der Waals surface area contributed by atoms with Crippen LogP contribution in [0.15, 0.2) is 10.6 Å². The fraction of sp³-hybridized carbons (Fsp3) is 0.300. The van der Waals surface area contributed by atoms with Gasteiger partial charge in [-0.05, 0) is 19.9 Å². The number of hydrogen-bond acceptors (Lipinski definition) is 5. The first kappa shape index (κ1) is 9.64. The zero-order valence-electron chi connectivity index (χ0n) is 8.56. The van der Waals surface area contributed by atoms with Crippen LogP contribution in [-0.4, -0.2) is 27.2 Å². The molecule has 0 amide bonds. The maximum Gasteiger partial charge on any atom is 0.203 e. The highest BCUT2D eigenvalue weighted by atomic mass is 16.1. The number of rotatable bonds is 1. The molecule has 0 bridgehead atoms. The third-order valence-electron chi connectivity index (χ3n) is 1.86. The van der Waals surface area contributed by atoms with Crippen molar-refractivity contribution in [3.8, 4) is 0 Å². The van der Waals surface area contributed by atoms with Gasteiger partial charge in [-0.1, -0.05) is 5.57 Å². The molecule has 0 saturated carbocycles. The molecule has 0 fully saturated rings. The summed E-state index contributed by atoms with van der Waals surface area (Å²) in [6, 6.07) is 0. The number of hydrogen-bond donors (Lipinski definition) is 0. The Hall–Kier alpha value is -1.91. The van der Waals surface area contributed by atoms with Crippen LogP contribution >= 0.6 is 0 Å². The zero-order valence-corrected chi connectivity index (χ0v) is 8.56. The molecule has 2 heterocycles. The van der Waals surface area contributed by atoms with Gasteiger partial charge >= 0.3 is 0 Å². The maximum absolute atomic E-state index is 11.5. The molecule has 2 rings (SSSR count). The highest BCUT2D eigenvalue weighted by molar-refractivity contribution is 6.07. The van der Waals surface area contributed by atoms with Crippen molar-refractivity contribution in [2.24, 2.45) is 4.99 Å². The largest absolute Gasteiger partial charge is 0.292 e. The quantitative estimate of drug-likeness (QED) is 0.693. The van der Waals surface area contributed by atoms with E-state index in [4.69, 9.17) is 0 Å². The van der Waals surface area contributed by atoms with E-state index in [-0.39, 0.29) is 5.78 Å². The highest BCUT2D eigenvalue weighted by Crippen LogP contribution is 2.18. The lowest BCUT2D eigenvalue weighted by Crippen LogP contribution is -2.10. The van der Waals surface area contributed by atoms with Crippen LogP contribution in [0.4, 0.5) is 5.82 Å². The molecular weight excluding hydrogens is 192 g/mol. The number of aromatic nitrogens is 3. The average Bonchev–Trinajstić information content (AvgIpc) is 2.18. The van der Waals surface area contributed by atoms with E-state index in [0.29, 0.717) is 23.8 Å². The minimum Gasteiger partial charge on any atom is -0.292 e. The first-order chi connectivity index (χ1) is 7.16. The van der Waals surface area contributed by atoms with Crippen molar-refractivity contribution in [3.05, 3.63) is 17.1 Å². The molecule has 0 N–H and O–H groups in total. The summed E-state index contributed by atoms with van der Waals surface area (Å²) in [7, 11) is 0. The minimum absolute atomic E-state index is 0.0571. The molecule has 5 nitrogen and oxygen atoms in total. The molecule has 0 unspecified atom stereocenters. The van der Waals surface area contributed by atoms with Gasteiger partial charge in [0.05, 0.1) is 0 Å². The van der Waals surface area contributed by atoms with Crippen LogP contribution in [-0.2, 0) is 0 Å². The summed E-state index contributed by atoms with van der Waals surface area (Å²) in [5.41, 5.74) is 1.38. The van der Waals surface area contributed by atoms with Crippen molar-refractivity contribution in [1.82, 2.24) is 15.2 Å².